The van der Waals surface area contributed by atoms with Crippen LogP contribution in [0.25, 0.3) is 0 Å². The van der Waals surface area contributed by atoms with Crippen LogP contribution in [0, 0.1) is 12.3 Å². The van der Waals surface area contributed by atoms with Crippen molar-refractivity contribution in [1.29, 1.82) is 0 Å². The second kappa shape index (κ2) is 6.01. The first-order chi connectivity index (χ1) is 6.33. The molecule has 2 heteroatoms. The summed E-state index contributed by atoms with van der Waals surface area (Å²) in [6, 6.07) is 1.32. The van der Waals surface area contributed by atoms with Gasteiger partial charge in [-0.2, -0.15) is 0 Å². The van der Waals surface area contributed by atoms with E-state index in [0.717, 1.165) is 19.0 Å². The lowest BCUT2D eigenvalue weighted by molar-refractivity contribution is 0.445. The van der Waals surface area contributed by atoms with Crippen LogP contribution in [-0.2, 0) is 0 Å². The van der Waals surface area contributed by atoms with Crippen LogP contribution in [0.1, 0.15) is 32.6 Å². The smallest absolute Gasteiger partial charge is 0.0211 e. The standard InChI is InChI=1S/C11H20N2/c1-3-4-7-12-10(2)9-11-6-5-8-13-11/h1,10-13H,4-9H2,2H3. The van der Waals surface area contributed by atoms with E-state index in [2.05, 4.69) is 23.5 Å². The van der Waals surface area contributed by atoms with Crippen molar-refractivity contribution in [2.24, 2.45) is 0 Å². The third-order valence-electron chi connectivity index (χ3n) is 2.56. The second-order valence-electron chi connectivity index (χ2n) is 3.84. The van der Waals surface area contributed by atoms with E-state index < -0.39 is 0 Å². The highest BCUT2D eigenvalue weighted by Gasteiger charge is 2.16. The molecule has 74 valence electrons. The Morgan fingerprint density at radius 3 is 3.15 bits per heavy atom. The van der Waals surface area contributed by atoms with E-state index in [4.69, 9.17) is 6.42 Å². The van der Waals surface area contributed by atoms with Gasteiger partial charge >= 0.3 is 0 Å². The Hall–Kier alpha value is -0.520. The summed E-state index contributed by atoms with van der Waals surface area (Å²) in [4.78, 5) is 0. The average molecular weight is 180 g/mol. The maximum Gasteiger partial charge on any atom is 0.0211 e. The van der Waals surface area contributed by atoms with E-state index in [9.17, 15) is 0 Å². The molecule has 0 radical (unpaired) electrons. The van der Waals surface area contributed by atoms with Gasteiger partial charge in [0.25, 0.3) is 0 Å². The van der Waals surface area contributed by atoms with Crippen molar-refractivity contribution in [3.63, 3.8) is 0 Å². The Bertz CT molecular complexity index is 165. The summed E-state index contributed by atoms with van der Waals surface area (Å²) in [5, 5.41) is 6.93. The minimum Gasteiger partial charge on any atom is -0.314 e. The number of terminal acetylenes is 1. The summed E-state index contributed by atoms with van der Waals surface area (Å²) in [5.41, 5.74) is 0. The summed E-state index contributed by atoms with van der Waals surface area (Å²) in [6.45, 7) is 4.38. The first-order valence-corrected chi connectivity index (χ1v) is 5.23. The fourth-order valence-corrected chi connectivity index (χ4v) is 1.86. The van der Waals surface area contributed by atoms with E-state index in [1.54, 1.807) is 0 Å². The molecule has 0 aliphatic carbocycles. The zero-order chi connectivity index (χ0) is 9.52. The van der Waals surface area contributed by atoms with E-state index in [1.165, 1.54) is 25.8 Å². The van der Waals surface area contributed by atoms with Crippen LogP contribution in [0.15, 0.2) is 0 Å². The molecule has 0 spiro atoms. The Morgan fingerprint density at radius 2 is 2.54 bits per heavy atom. The molecule has 0 bridgehead atoms. The van der Waals surface area contributed by atoms with Gasteiger partial charge in [-0.15, -0.1) is 12.3 Å². The van der Waals surface area contributed by atoms with Gasteiger partial charge in [0.05, 0.1) is 0 Å². The first-order valence-electron chi connectivity index (χ1n) is 5.23. The summed E-state index contributed by atoms with van der Waals surface area (Å²) < 4.78 is 0. The number of hydrogen-bond acceptors (Lipinski definition) is 2. The molecular formula is C11H20N2. The van der Waals surface area contributed by atoms with Crippen molar-refractivity contribution in [2.45, 2.75) is 44.7 Å². The number of nitrogens with one attached hydrogen (secondary N) is 2. The van der Waals surface area contributed by atoms with Gasteiger partial charge in [0.2, 0.25) is 0 Å². The van der Waals surface area contributed by atoms with Crippen LogP contribution in [0.3, 0.4) is 0 Å². The fourth-order valence-electron chi connectivity index (χ4n) is 1.86. The topological polar surface area (TPSA) is 24.1 Å². The Morgan fingerprint density at radius 1 is 1.69 bits per heavy atom. The summed E-state index contributed by atoms with van der Waals surface area (Å²) in [7, 11) is 0. The van der Waals surface area contributed by atoms with E-state index >= 15 is 0 Å². The fraction of sp³-hybridized carbons (Fsp3) is 0.818. The lowest BCUT2D eigenvalue weighted by atomic mass is 10.1. The molecule has 1 aliphatic heterocycles. The maximum atomic E-state index is 5.18. The molecule has 0 aromatic heterocycles. The van der Waals surface area contributed by atoms with Gasteiger partial charge in [-0.3, -0.25) is 0 Å². The van der Waals surface area contributed by atoms with Gasteiger partial charge in [-0.05, 0) is 32.7 Å². The van der Waals surface area contributed by atoms with Gasteiger partial charge in [0.15, 0.2) is 0 Å². The molecule has 1 rings (SSSR count). The van der Waals surface area contributed by atoms with Crippen molar-refractivity contribution in [1.82, 2.24) is 10.6 Å². The normalized spacial score (nSPS) is 24.2. The molecule has 2 N–H and O–H groups in total. The van der Waals surface area contributed by atoms with Crippen molar-refractivity contribution in [2.75, 3.05) is 13.1 Å². The second-order valence-corrected chi connectivity index (χ2v) is 3.84. The van der Waals surface area contributed by atoms with Crippen molar-refractivity contribution in [3.05, 3.63) is 0 Å². The van der Waals surface area contributed by atoms with Crippen LogP contribution in [-0.4, -0.2) is 25.2 Å². The zero-order valence-electron chi connectivity index (χ0n) is 8.47. The van der Waals surface area contributed by atoms with Crippen molar-refractivity contribution >= 4 is 0 Å². The predicted molar refractivity (Wildman–Crippen MR) is 56.6 cm³/mol. The molecule has 1 saturated heterocycles. The molecule has 0 aromatic carbocycles. The molecule has 1 aliphatic rings. The van der Waals surface area contributed by atoms with Crippen molar-refractivity contribution in [3.8, 4) is 12.3 Å². The first kappa shape index (κ1) is 10.6. The van der Waals surface area contributed by atoms with Crippen LogP contribution < -0.4 is 10.6 Å². The number of rotatable bonds is 5. The van der Waals surface area contributed by atoms with Gasteiger partial charge in [-0.1, -0.05) is 0 Å². The van der Waals surface area contributed by atoms with E-state index in [0.29, 0.717) is 6.04 Å². The molecular weight excluding hydrogens is 160 g/mol. The molecule has 2 nitrogen and oxygen atoms in total. The lowest BCUT2D eigenvalue weighted by Gasteiger charge is -2.17. The molecule has 0 aromatic rings. The SMILES string of the molecule is C#CCCNC(C)CC1CCCN1. The Labute approximate surface area is 81.5 Å². The largest absolute Gasteiger partial charge is 0.314 e. The van der Waals surface area contributed by atoms with Crippen LogP contribution in [0.4, 0.5) is 0 Å². The molecule has 0 saturated carbocycles. The van der Waals surface area contributed by atoms with E-state index in [-0.39, 0.29) is 0 Å². The van der Waals surface area contributed by atoms with Crippen molar-refractivity contribution < 1.29 is 0 Å². The third-order valence-corrected chi connectivity index (χ3v) is 2.56. The highest BCUT2D eigenvalue weighted by Crippen LogP contribution is 2.10. The molecule has 13 heavy (non-hydrogen) atoms. The maximum absolute atomic E-state index is 5.18. The van der Waals surface area contributed by atoms with Gasteiger partial charge in [-0.25, -0.2) is 0 Å². The van der Waals surface area contributed by atoms with Crippen LogP contribution >= 0.6 is 0 Å². The van der Waals surface area contributed by atoms with Gasteiger partial charge in [0, 0.05) is 25.0 Å². The average Bonchev–Trinajstić information content (AvgIpc) is 2.57. The van der Waals surface area contributed by atoms with Gasteiger partial charge < -0.3 is 10.6 Å². The molecule has 2 unspecified atom stereocenters. The quantitative estimate of drug-likeness (QED) is 0.489. The molecule has 1 heterocycles. The van der Waals surface area contributed by atoms with E-state index in [1.807, 2.05) is 0 Å². The minimum absolute atomic E-state index is 0.587. The highest BCUT2D eigenvalue weighted by atomic mass is 15.0. The Balaban J connectivity index is 2.03. The van der Waals surface area contributed by atoms with Gasteiger partial charge in [0.1, 0.15) is 0 Å². The molecule has 2 atom stereocenters. The molecule has 1 fully saturated rings. The monoisotopic (exact) mass is 180 g/mol. The summed E-state index contributed by atoms with van der Waals surface area (Å²) >= 11 is 0. The number of hydrogen-bond donors (Lipinski definition) is 2. The van der Waals surface area contributed by atoms with Crippen LogP contribution in [0.2, 0.25) is 0 Å². The highest BCUT2D eigenvalue weighted by molar-refractivity contribution is 4.85. The molecule has 0 amide bonds. The van der Waals surface area contributed by atoms with Crippen LogP contribution in [0.5, 0.6) is 0 Å². The summed E-state index contributed by atoms with van der Waals surface area (Å²) in [5.74, 6) is 2.64. The zero-order valence-corrected chi connectivity index (χ0v) is 8.47. The third kappa shape index (κ3) is 4.31. The lowest BCUT2D eigenvalue weighted by Crippen LogP contribution is -2.34. The summed E-state index contributed by atoms with van der Waals surface area (Å²) in [6.07, 6.45) is 9.91. The predicted octanol–water partition coefficient (Wildman–Crippen LogP) is 1.13. The minimum atomic E-state index is 0.587. The Kier molecular flexibility index (Phi) is 4.88.